The van der Waals surface area contributed by atoms with Crippen LogP contribution in [-0.4, -0.2) is 37.0 Å². The van der Waals surface area contributed by atoms with Gasteiger partial charge < -0.3 is 9.05 Å². The Morgan fingerprint density at radius 3 is 1.66 bits per heavy atom. The van der Waals surface area contributed by atoms with Crippen molar-refractivity contribution in [2.24, 2.45) is 0 Å². The van der Waals surface area contributed by atoms with Crippen LogP contribution in [0, 0.1) is 11.6 Å². The van der Waals surface area contributed by atoms with Crippen LogP contribution in [0.25, 0.3) is 12.2 Å². The summed E-state index contributed by atoms with van der Waals surface area (Å²) < 4.78 is 52.8. The molecule has 0 spiro atoms. The lowest BCUT2D eigenvalue weighted by molar-refractivity contribution is -0.113. The van der Waals surface area contributed by atoms with Crippen LogP contribution in [-0.2, 0) is 18.4 Å². The summed E-state index contributed by atoms with van der Waals surface area (Å²) in [5.41, 5.74) is 2.93. The Kier molecular flexibility index (Phi) is 9.18. The van der Waals surface area contributed by atoms with Gasteiger partial charge in [-0.15, -0.1) is 0 Å². The van der Waals surface area contributed by atoms with Gasteiger partial charge in [0.05, 0.1) is 13.2 Å². The third kappa shape index (κ3) is 6.61. The number of rotatable bonds is 9. The molecule has 0 aliphatic carbocycles. The molecule has 1 aliphatic heterocycles. The molecule has 1 unspecified atom stereocenters. The molecular formula is C30H30F2NO4P. The maximum Gasteiger partial charge on any atom is 0.352 e. The normalized spacial score (nSPS) is 17.7. The van der Waals surface area contributed by atoms with Gasteiger partial charge in [0.15, 0.2) is 5.78 Å². The largest absolute Gasteiger partial charge is 0.352 e. The summed E-state index contributed by atoms with van der Waals surface area (Å²) in [5.74, 6) is -1.73. The summed E-state index contributed by atoms with van der Waals surface area (Å²) in [7, 11) is -3.71. The van der Waals surface area contributed by atoms with Gasteiger partial charge in [-0.2, -0.15) is 0 Å². The second kappa shape index (κ2) is 12.5. The van der Waals surface area contributed by atoms with Crippen LogP contribution in [0.2, 0.25) is 0 Å². The molecule has 38 heavy (non-hydrogen) atoms. The first kappa shape index (κ1) is 27.8. The number of hydrogen-bond donors (Lipinski definition) is 0. The number of ketones is 1. The van der Waals surface area contributed by atoms with E-state index < -0.39 is 13.4 Å². The number of carbonyl (C=O) groups excluding carboxylic acids is 1. The van der Waals surface area contributed by atoms with Crippen molar-refractivity contribution in [1.82, 2.24) is 4.90 Å². The first-order valence-electron chi connectivity index (χ1n) is 12.5. The van der Waals surface area contributed by atoms with Crippen LogP contribution in [0.3, 0.4) is 0 Å². The Bertz CT molecular complexity index is 1280. The number of likely N-dealkylation sites (tertiary alicyclic amines) is 1. The Balaban J connectivity index is 1.84. The topological polar surface area (TPSA) is 55.8 Å². The molecule has 1 atom stereocenters. The van der Waals surface area contributed by atoms with Gasteiger partial charge in [-0.3, -0.25) is 14.3 Å². The molecule has 1 aliphatic rings. The van der Waals surface area contributed by atoms with E-state index in [9.17, 15) is 18.1 Å². The molecule has 3 aromatic carbocycles. The van der Waals surface area contributed by atoms with E-state index in [0.29, 0.717) is 22.3 Å². The van der Waals surface area contributed by atoms with E-state index in [0.717, 1.165) is 5.56 Å². The minimum atomic E-state index is -3.71. The Morgan fingerprint density at radius 1 is 0.789 bits per heavy atom. The summed E-state index contributed by atoms with van der Waals surface area (Å²) in [4.78, 5) is 15.5. The lowest BCUT2D eigenvalue weighted by Crippen LogP contribution is -2.40. The highest BCUT2D eigenvalue weighted by Crippen LogP contribution is 2.62. The summed E-state index contributed by atoms with van der Waals surface area (Å²) in [6, 6.07) is 21.0. The summed E-state index contributed by atoms with van der Waals surface area (Å²) in [6.07, 6.45) is 3.42. The van der Waals surface area contributed by atoms with Crippen molar-refractivity contribution in [1.29, 1.82) is 0 Å². The fourth-order valence-corrected chi connectivity index (χ4v) is 6.69. The minimum Gasteiger partial charge on any atom is -0.308 e. The van der Waals surface area contributed by atoms with Crippen molar-refractivity contribution in [2.75, 3.05) is 26.3 Å². The molecule has 0 aromatic heterocycles. The zero-order chi connectivity index (χ0) is 27.1. The Labute approximate surface area is 221 Å². The van der Waals surface area contributed by atoms with Crippen molar-refractivity contribution in [2.45, 2.75) is 19.6 Å². The molecule has 1 saturated heterocycles. The number of benzene rings is 3. The third-order valence-electron chi connectivity index (χ3n) is 6.11. The van der Waals surface area contributed by atoms with Crippen molar-refractivity contribution < 1.29 is 27.2 Å². The SMILES string of the molecule is CCOP(=O)(OCC)C(c1ccccc1)N1C/C(=C\c2ccc(F)cc2)C(=O)/C(=C/c2ccc(F)cc2)C1. The second-order valence-corrected chi connectivity index (χ2v) is 10.9. The number of halogens is 2. The predicted octanol–water partition coefficient (Wildman–Crippen LogP) is 7.28. The van der Waals surface area contributed by atoms with Crippen LogP contribution in [0.1, 0.15) is 36.3 Å². The lowest BCUT2D eigenvalue weighted by atomic mass is 9.93. The van der Waals surface area contributed by atoms with Gasteiger partial charge in [0.2, 0.25) is 0 Å². The highest BCUT2D eigenvalue weighted by atomic mass is 31.2. The zero-order valence-corrected chi connectivity index (χ0v) is 22.2. The quantitative estimate of drug-likeness (QED) is 0.212. The van der Waals surface area contributed by atoms with Crippen LogP contribution >= 0.6 is 7.60 Å². The number of Topliss-reactive ketones (excluding diaryl/α,β-unsaturated/α-hetero) is 1. The average molecular weight is 538 g/mol. The molecule has 4 rings (SSSR count). The highest BCUT2D eigenvalue weighted by molar-refractivity contribution is 7.54. The maximum absolute atomic E-state index is 14.2. The van der Waals surface area contributed by atoms with Gasteiger partial charge in [-0.05, 0) is 67.0 Å². The van der Waals surface area contributed by atoms with E-state index in [4.69, 9.17) is 9.05 Å². The molecule has 8 heteroatoms. The van der Waals surface area contributed by atoms with Gasteiger partial charge in [0.25, 0.3) is 0 Å². The van der Waals surface area contributed by atoms with Gasteiger partial charge in [0.1, 0.15) is 17.4 Å². The molecule has 0 bridgehead atoms. The summed E-state index contributed by atoms with van der Waals surface area (Å²) in [6.45, 7) is 4.22. The van der Waals surface area contributed by atoms with Gasteiger partial charge >= 0.3 is 7.60 Å². The van der Waals surface area contributed by atoms with Crippen molar-refractivity contribution >= 4 is 25.5 Å². The predicted molar refractivity (Wildman–Crippen MR) is 145 cm³/mol. The maximum atomic E-state index is 14.2. The summed E-state index contributed by atoms with van der Waals surface area (Å²) >= 11 is 0. The molecule has 0 amide bonds. The number of piperidine rings is 1. The molecule has 0 saturated carbocycles. The molecule has 198 valence electrons. The smallest absolute Gasteiger partial charge is 0.308 e. The van der Waals surface area contributed by atoms with Crippen LogP contribution in [0.4, 0.5) is 8.78 Å². The first-order chi connectivity index (χ1) is 18.3. The fourth-order valence-electron chi connectivity index (χ4n) is 4.52. The highest BCUT2D eigenvalue weighted by Gasteiger charge is 2.44. The van der Waals surface area contributed by atoms with Crippen molar-refractivity contribution in [3.63, 3.8) is 0 Å². The molecule has 1 heterocycles. The molecule has 0 N–H and O–H groups in total. The minimum absolute atomic E-state index is 0.167. The monoisotopic (exact) mass is 537 g/mol. The van der Waals surface area contributed by atoms with Crippen molar-refractivity contribution in [3.05, 3.63) is 118 Å². The Hall–Kier alpha value is -3.22. The fraction of sp³-hybridized carbons (Fsp3) is 0.233. The first-order valence-corrected chi connectivity index (χ1v) is 14.1. The molecule has 1 fully saturated rings. The second-order valence-electron chi connectivity index (χ2n) is 8.84. The number of carbonyl (C=O) groups is 1. The van der Waals surface area contributed by atoms with Crippen LogP contribution < -0.4 is 0 Å². The molecular weight excluding hydrogens is 507 g/mol. The van der Waals surface area contributed by atoms with Crippen molar-refractivity contribution in [3.8, 4) is 0 Å². The zero-order valence-electron chi connectivity index (χ0n) is 21.3. The Morgan fingerprint density at radius 2 is 1.24 bits per heavy atom. The van der Waals surface area contributed by atoms with Crippen LogP contribution in [0.5, 0.6) is 0 Å². The van der Waals surface area contributed by atoms with E-state index >= 15 is 0 Å². The third-order valence-corrected chi connectivity index (χ3v) is 8.57. The standard InChI is InChI=1S/C30H30F2NO4P/c1-3-36-38(35,37-4-2)30(24-8-6-5-7-9-24)33-20-25(18-22-10-14-27(31)15-11-22)29(34)26(21-33)19-23-12-16-28(32)17-13-23/h5-19,30H,3-4,20-21H2,1-2H3/b25-18+,26-19+. The number of hydrogen-bond acceptors (Lipinski definition) is 5. The molecule has 5 nitrogen and oxygen atoms in total. The van der Waals surface area contributed by atoms with Gasteiger partial charge in [-0.25, -0.2) is 8.78 Å². The van der Waals surface area contributed by atoms with E-state index in [1.165, 1.54) is 24.3 Å². The molecule has 0 radical (unpaired) electrons. The van der Waals surface area contributed by atoms with E-state index in [1.54, 1.807) is 50.3 Å². The van der Waals surface area contributed by atoms with E-state index in [1.807, 2.05) is 35.2 Å². The lowest BCUT2D eigenvalue weighted by Gasteiger charge is -2.39. The molecule has 3 aromatic rings. The van der Waals surface area contributed by atoms with Gasteiger partial charge in [-0.1, -0.05) is 54.6 Å². The summed E-state index contributed by atoms with van der Waals surface area (Å²) in [5, 5.41) is 0. The van der Waals surface area contributed by atoms with Crippen LogP contribution in [0.15, 0.2) is 90.0 Å². The average Bonchev–Trinajstić information content (AvgIpc) is 2.90. The van der Waals surface area contributed by atoms with E-state index in [-0.39, 0.29) is 43.7 Å². The van der Waals surface area contributed by atoms with Gasteiger partial charge in [0, 0.05) is 24.2 Å². The van der Waals surface area contributed by atoms with E-state index in [2.05, 4.69) is 0 Å². The number of nitrogens with zero attached hydrogens (tertiary/aromatic N) is 1.